The predicted molar refractivity (Wildman–Crippen MR) is 71.6 cm³/mol. The van der Waals surface area contributed by atoms with Crippen LogP contribution in [0.2, 0.25) is 5.02 Å². The van der Waals surface area contributed by atoms with Gasteiger partial charge >= 0.3 is 0 Å². The number of tetrazole rings is 1. The molecule has 0 saturated carbocycles. The van der Waals surface area contributed by atoms with E-state index in [-0.39, 0.29) is 0 Å². The van der Waals surface area contributed by atoms with Crippen LogP contribution in [-0.4, -0.2) is 33.4 Å². The summed E-state index contributed by atoms with van der Waals surface area (Å²) in [5.74, 6) is 1.12. The molecular weight excluding hydrogens is 266 g/mol. The Morgan fingerprint density at radius 2 is 2.37 bits per heavy atom. The zero-order valence-corrected chi connectivity index (χ0v) is 11.0. The number of hydrogen-bond donors (Lipinski definition) is 1. The van der Waals surface area contributed by atoms with E-state index in [1.54, 1.807) is 16.8 Å². The average molecular weight is 280 g/mol. The summed E-state index contributed by atoms with van der Waals surface area (Å²) in [7, 11) is 0. The maximum Gasteiger partial charge on any atom is 0.183 e. The highest BCUT2D eigenvalue weighted by Crippen LogP contribution is 2.28. The molecule has 100 valence electrons. The van der Waals surface area contributed by atoms with Crippen molar-refractivity contribution < 1.29 is 4.74 Å². The Hall–Kier alpha value is -1.66. The molecule has 1 aromatic heterocycles. The first-order valence-electron chi connectivity index (χ1n) is 6.13. The molecule has 3 rings (SSSR count). The first-order chi connectivity index (χ1) is 9.24. The summed E-state index contributed by atoms with van der Waals surface area (Å²) in [5, 5.41) is 12.4. The van der Waals surface area contributed by atoms with Crippen LogP contribution >= 0.6 is 11.6 Å². The molecule has 6 nitrogen and oxygen atoms in total. The monoisotopic (exact) mass is 279 g/mol. The van der Waals surface area contributed by atoms with Crippen LogP contribution < -0.4 is 5.73 Å². The number of hydrogen-bond acceptors (Lipinski definition) is 5. The topological polar surface area (TPSA) is 78.9 Å². The number of aromatic nitrogens is 4. The Balaban J connectivity index is 1.90. The van der Waals surface area contributed by atoms with E-state index in [1.165, 1.54) is 0 Å². The number of anilines is 1. The second kappa shape index (κ2) is 5.14. The van der Waals surface area contributed by atoms with Gasteiger partial charge in [-0.1, -0.05) is 11.6 Å². The number of rotatable bonds is 3. The quantitative estimate of drug-likeness (QED) is 0.864. The zero-order valence-electron chi connectivity index (χ0n) is 10.3. The molecule has 1 aromatic carbocycles. The normalized spacial score (nSPS) is 18.9. The highest BCUT2D eigenvalue weighted by molar-refractivity contribution is 6.33. The first-order valence-corrected chi connectivity index (χ1v) is 6.51. The summed E-state index contributed by atoms with van der Waals surface area (Å²) >= 11 is 6.20. The maximum absolute atomic E-state index is 6.20. The van der Waals surface area contributed by atoms with E-state index >= 15 is 0 Å². The Bertz CT molecular complexity index is 579. The van der Waals surface area contributed by atoms with Gasteiger partial charge in [0.05, 0.1) is 18.2 Å². The lowest BCUT2D eigenvalue weighted by Gasteiger charge is -2.10. The van der Waals surface area contributed by atoms with E-state index < -0.39 is 0 Å². The molecule has 1 saturated heterocycles. The molecule has 1 aliphatic heterocycles. The van der Waals surface area contributed by atoms with E-state index in [1.807, 2.05) is 6.07 Å². The van der Waals surface area contributed by atoms with Crippen LogP contribution in [0.3, 0.4) is 0 Å². The summed E-state index contributed by atoms with van der Waals surface area (Å²) in [6, 6.07) is 5.33. The third kappa shape index (κ3) is 2.54. The lowest BCUT2D eigenvalue weighted by Crippen LogP contribution is -2.13. The van der Waals surface area contributed by atoms with Crippen LogP contribution in [0.15, 0.2) is 18.2 Å². The van der Waals surface area contributed by atoms with Crippen LogP contribution in [-0.2, 0) is 11.3 Å². The fourth-order valence-corrected chi connectivity index (χ4v) is 2.48. The summed E-state index contributed by atoms with van der Waals surface area (Å²) in [4.78, 5) is 0. The van der Waals surface area contributed by atoms with Gasteiger partial charge in [0.25, 0.3) is 0 Å². The molecule has 0 radical (unpaired) electrons. The molecule has 1 unspecified atom stereocenters. The van der Waals surface area contributed by atoms with Gasteiger partial charge in [-0.2, -0.15) is 0 Å². The molecule has 2 heterocycles. The molecule has 0 amide bonds. The summed E-state index contributed by atoms with van der Waals surface area (Å²) < 4.78 is 7.14. The molecule has 1 fully saturated rings. The summed E-state index contributed by atoms with van der Waals surface area (Å²) in [5.41, 5.74) is 7.11. The second-order valence-electron chi connectivity index (χ2n) is 4.65. The van der Waals surface area contributed by atoms with E-state index in [9.17, 15) is 0 Å². The van der Waals surface area contributed by atoms with E-state index in [0.717, 1.165) is 31.7 Å². The van der Waals surface area contributed by atoms with Gasteiger partial charge in [-0.05, 0) is 35.0 Å². The van der Waals surface area contributed by atoms with Gasteiger partial charge in [0.2, 0.25) is 0 Å². The van der Waals surface area contributed by atoms with Crippen LogP contribution in [0.4, 0.5) is 5.69 Å². The number of halogens is 1. The number of benzene rings is 1. The lowest BCUT2D eigenvalue weighted by atomic mass is 10.1. The fraction of sp³-hybridized carbons (Fsp3) is 0.417. The van der Waals surface area contributed by atoms with E-state index in [0.29, 0.717) is 22.5 Å². The van der Waals surface area contributed by atoms with Crippen LogP contribution in [0.1, 0.15) is 6.42 Å². The van der Waals surface area contributed by atoms with Gasteiger partial charge in [-0.3, -0.25) is 0 Å². The highest BCUT2D eigenvalue weighted by atomic mass is 35.5. The van der Waals surface area contributed by atoms with E-state index in [2.05, 4.69) is 15.5 Å². The van der Waals surface area contributed by atoms with Crippen molar-refractivity contribution >= 4 is 17.3 Å². The van der Waals surface area contributed by atoms with Gasteiger partial charge in [0, 0.05) is 23.8 Å². The van der Waals surface area contributed by atoms with Crippen molar-refractivity contribution in [2.24, 2.45) is 5.92 Å². The van der Waals surface area contributed by atoms with Crippen molar-refractivity contribution in [1.29, 1.82) is 0 Å². The van der Waals surface area contributed by atoms with Crippen LogP contribution in [0, 0.1) is 5.92 Å². The molecule has 19 heavy (non-hydrogen) atoms. The minimum atomic E-state index is 0.454. The van der Waals surface area contributed by atoms with Crippen molar-refractivity contribution in [2.75, 3.05) is 18.9 Å². The molecular formula is C12H14ClN5O. The van der Waals surface area contributed by atoms with Crippen molar-refractivity contribution in [1.82, 2.24) is 20.2 Å². The van der Waals surface area contributed by atoms with Crippen molar-refractivity contribution in [3.05, 3.63) is 23.2 Å². The number of ether oxygens (including phenoxy) is 1. The van der Waals surface area contributed by atoms with Gasteiger partial charge < -0.3 is 10.5 Å². The minimum absolute atomic E-state index is 0.454. The standard InChI is InChI=1S/C12H14ClN5O/c13-11-5-9(14)1-2-10(11)12-15-16-17-18(12)6-8-3-4-19-7-8/h1-2,5,8H,3-4,6-7,14H2. The third-order valence-electron chi connectivity index (χ3n) is 3.22. The lowest BCUT2D eigenvalue weighted by molar-refractivity contribution is 0.181. The predicted octanol–water partition coefficient (Wildman–Crippen LogP) is 1.61. The highest BCUT2D eigenvalue weighted by Gasteiger charge is 2.20. The smallest absolute Gasteiger partial charge is 0.183 e. The van der Waals surface area contributed by atoms with Gasteiger partial charge in [0.1, 0.15) is 0 Å². The maximum atomic E-state index is 6.20. The molecule has 7 heteroatoms. The third-order valence-corrected chi connectivity index (χ3v) is 3.53. The van der Waals surface area contributed by atoms with Crippen molar-refractivity contribution in [2.45, 2.75) is 13.0 Å². The molecule has 1 atom stereocenters. The largest absolute Gasteiger partial charge is 0.399 e. The summed E-state index contributed by atoms with van der Waals surface area (Å²) in [6.07, 6.45) is 1.04. The Morgan fingerprint density at radius 1 is 1.47 bits per heavy atom. The molecule has 2 aromatic rings. The van der Waals surface area contributed by atoms with Gasteiger partial charge in [-0.25, -0.2) is 4.68 Å². The summed E-state index contributed by atoms with van der Waals surface area (Å²) in [6.45, 7) is 2.31. The SMILES string of the molecule is Nc1ccc(-c2nnnn2CC2CCOC2)c(Cl)c1. The second-order valence-corrected chi connectivity index (χ2v) is 5.06. The van der Waals surface area contributed by atoms with Crippen LogP contribution in [0.25, 0.3) is 11.4 Å². The molecule has 0 spiro atoms. The Labute approximate surface area is 115 Å². The molecule has 1 aliphatic rings. The minimum Gasteiger partial charge on any atom is -0.399 e. The Kier molecular flexibility index (Phi) is 3.35. The fourth-order valence-electron chi connectivity index (χ4n) is 2.21. The number of nitrogens with zero attached hydrogens (tertiary/aromatic N) is 4. The van der Waals surface area contributed by atoms with Crippen LogP contribution in [0.5, 0.6) is 0 Å². The molecule has 0 aliphatic carbocycles. The Morgan fingerprint density at radius 3 is 3.11 bits per heavy atom. The zero-order chi connectivity index (χ0) is 13.2. The number of nitrogens with two attached hydrogens (primary N) is 1. The van der Waals surface area contributed by atoms with Gasteiger partial charge in [-0.15, -0.1) is 5.10 Å². The first kappa shape index (κ1) is 12.4. The van der Waals surface area contributed by atoms with Crippen molar-refractivity contribution in [3.63, 3.8) is 0 Å². The van der Waals surface area contributed by atoms with E-state index in [4.69, 9.17) is 22.1 Å². The molecule has 2 N–H and O–H groups in total. The van der Waals surface area contributed by atoms with Crippen molar-refractivity contribution in [3.8, 4) is 11.4 Å². The molecule has 0 bridgehead atoms. The number of nitrogen functional groups attached to an aromatic ring is 1. The van der Waals surface area contributed by atoms with Gasteiger partial charge in [0.15, 0.2) is 5.82 Å². The average Bonchev–Trinajstić information content (AvgIpc) is 3.02.